The van der Waals surface area contributed by atoms with Crippen LogP contribution in [0.1, 0.15) is 11.1 Å². The number of thioether (sulfide) groups is 1. The van der Waals surface area contributed by atoms with Gasteiger partial charge in [-0.2, -0.15) is 0 Å². The highest BCUT2D eigenvalue weighted by atomic mass is 32.2. The molecule has 2 amide bonds. The number of amides is 2. The quantitative estimate of drug-likeness (QED) is 0.253. The summed E-state index contributed by atoms with van der Waals surface area (Å²) < 4.78 is 12.2. The fourth-order valence-corrected chi connectivity index (χ4v) is 5.36. The number of nitrogens with zero attached hydrogens (tertiary/aromatic N) is 1. The lowest BCUT2D eigenvalue weighted by Gasteiger charge is -2.30. The van der Waals surface area contributed by atoms with Gasteiger partial charge in [0.1, 0.15) is 21.6 Å². The van der Waals surface area contributed by atoms with Crippen molar-refractivity contribution in [2.24, 2.45) is 0 Å². The summed E-state index contributed by atoms with van der Waals surface area (Å²) in [6, 6.07) is 27.3. The second-order valence-electron chi connectivity index (χ2n) is 8.57. The van der Waals surface area contributed by atoms with Crippen molar-refractivity contribution in [3.63, 3.8) is 0 Å². The minimum absolute atomic E-state index is 0.0256. The van der Waals surface area contributed by atoms with Crippen molar-refractivity contribution in [2.45, 2.75) is 6.54 Å². The lowest BCUT2D eigenvalue weighted by molar-refractivity contribution is -0.121. The van der Waals surface area contributed by atoms with E-state index in [0.717, 1.165) is 27.6 Å². The summed E-state index contributed by atoms with van der Waals surface area (Å²) in [5, 5.41) is 4.78. The van der Waals surface area contributed by atoms with Crippen molar-refractivity contribution in [3.8, 4) is 17.2 Å². The Morgan fingerprint density at radius 2 is 1.81 bits per heavy atom. The molecule has 0 radical (unpaired) electrons. The maximum absolute atomic E-state index is 12.8. The van der Waals surface area contributed by atoms with Gasteiger partial charge in [0, 0.05) is 5.39 Å². The zero-order valence-corrected chi connectivity index (χ0v) is 21.1. The third-order valence-corrected chi connectivity index (χ3v) is 7.27. The summed E-state index contributed by atoms with van der Waals surface area (Å²) in [7, 11) is 0. The largest absolute Gasteiger partial charge is 0.482 e. The van der Waals surface area contributed by atoms with Crippen LogP contribution < -0.4 is 19.7 Å². The van der Waals surface area contributed by atoms with E-state index in [1.54, 1.807) is 11.0 Å². The highest BCUT2D eigenvalue weighted by Crippen LogP contribution is 2.36. The lowest BCUT2D eigenvalue weighted by Crippen LogP contribution is -2.38. The predicted molar refractivity (Wildman–Crippen MR) is 150 cm³/mol. The number of benzene rings is 4. The van der Waals surface area contributed by atoms with Crippen LogP contribution >= 0.6 is 24.0 Å². The van der Waals surface area contributed by atoms with Crippen molar-refractivity contribution in [1.82, 2.24) is 5.32 Å². The molecule has 4 aromatic rings. The number of anilines is 1. The Labute approximate surface area is 222 Å². The van der Waals surface area contributed by atoms with Crippen molar-refractivity contribution < 1.29 is 19.1 Å². The first-order chi connectivity index (χ1) is 18.0. The van der Waals surface area contributed by atoms with Crippen LogP contribution in [0.5, 0.6) is 17.2 Å². The molecule has 6 nitrogen and oxygen atoms in total. The second-order valence-corrected chi connectivity index (χ2v) is 10.3. The number of hydrogen-bond donors (Lipinski definition) is 1. The van der Waals surface area contributed by atoms with Crippen LogP contribution in [0, 0.1) is 0 Å². The number of fused-ring (bicyclic) bond motifs is 2. The SMILES string of the molecule is O=C1NC(=S)S/C1=C/c1ccc2c(c1)N(Cc1ccc(Oc3cccc4ccccc34)cc1)C(=O)CO2. The van der Waals surface area contributed by atoms with E-state index in [9.17, 15) is 9.59 Å². The fourth-order valence-electron chi connectivity index (χ4n) is 4.31. The molecular formula is C29H20N2O4S2. The van der Waals surface area contributed by atoms with Crippen LogP contribution in [0.3, 0.4) is 0 Å². The van der Waals surface area contributed by atoms with E-state index >= 15 is 0 Å². The van der Waals surface area contributed by atoms with E-state index in [1.807, 2.05) is 72.8 Å². The van der Waals surface area contributed by atoms with E-state index in [-0.39, 0.29) is 18.4 Å². The van der Waals surface area contributed by atoms with Crippen LogP contribution in [-0.4, -0.2) is 22.7 Å². The van der Waals surface area contributed by atoms with E-state index in [2.05, 4.69) is 17.4 Å². The molecule has 6 rings (SSSR count). The molecule has 37 heavy (non-hydrogen) atoms. The summed E-state index contributed by atoms with van der Waals surface area (Å²) in [6.45, 7) is 0.353. The molecular weight excluding hydrogens is 504 g/mol. The third-order valence-electron chi connectivity index (χ3n) is 6.11. The van der Waals surface area contributed by atoms with Gasteiger partial charge in [-0.15, -0.1) is 0 Å². The van der Waals surface area contributed by atoms with Crippen molar-refractivity contribution >= 4 is 62.7 Å². The van der Waals surface area contributed by atoms with E-state index in [4.69, 9.17) is 21.7 Å². The Bertz CT molecular complexity index is 1590. The molecule has 1 N–H and O–H groups in total. The average Bonchev–Trinajstić information content (AvgIpc) is 3.23. The molecule has 0 atom stereocenters. The maximum Gasteiger partial charge on any atom is 0.265 e. The molecule has 4 aromatic carbocycles. The van der Waals surface area contributed by atoms with Crippen molar-refractivity contribution in [2.75, 3.05) is 11.5 Å². The Kier molecular flexibility index (Phi) is 6.12. The third kappa shape index (κ3) is 4.81. The Morgan fingerprint density at radius 3 is 2.62 bits per heavy atom. The topological polar surface area (TPSA) is 67.9 Å². The molecule has 182 valence electrons. The first kappa shape index (κ1) is 23.3. The summed E-state index contributed by atoms with van der Waals surface area (Å²) in [5.74, 6) is 1.77. The summed E-state index contributed by atoms with van der Waals surface area (Å²) in [4.78, 5) is 27.1. The van der Waals surface area contributed by atoms with Gasteiger partial charge in [0.2, 0.25) is 0 Å². The summed E-state index contributed by atoms with van der Waals surface area (Å²) >= 11 is 6.29. The number of rotatable bonds is 5. The van der Waals surface area contributed by atoms with Gasteiger partial charge in [-0.05, 0) is 52.9 Å². The normalized spacial score (nSPS) is 16.1. The molecule has 0 aromatic heterocycles. The number of thiocarbonyl (C=S) groups is 1. The number of carbonyl (C=O) groups excluding carboxylic acids is 2. The molecule has 0 aliphatic carbocycles. The van der Waals surface area contributed by atoms with Crippen LogP contribution in [-0.2, 0) is 16.1 Å². The van der Waals surface area contributed by atoms with Gasteiger partial charge in [-0.1, -0.05) is 78.6 Å². The van der Waals surface area contributed by atoms with Crippen LogP contribution in [0.25, 0.3) is 16.8 Å². The molecule has 2 heterocycles. The first-order valence-electron chi connectivity index (χ1n) is 11.6. The van der Waals surface area contributed by atoms with E-state index < -0.39 is 0 Å². The number of nitrogens with one attached hydrogen (secondary N) is 1. The molecule has 0 spiro atoms. The average molecular weight is 525 g/mol. The van der Waals surface area contributed by atoms with Crippen LogP contribution in [0.4, 0.5) is 5.69 Å². The van der Waals surface area contributed by atoms with Crippen LogP contribution in [0.2, 0.25) is 0 Å². The minimum Gasteiger partial charge on any atom is -0.482 e. The molecule has 0 bridgehead atoms. The standard InChI is InChI=1S/C29H20N2O4S2/c32-27-17-34-25-13-10-19(15-26-28(33)30-29(36)37-26)14-23(25)31(27)16-18-8-11-21(12-9-18)35-24-7-3-5-20-4-1-2-6-22(20)24/h1-15H,16-17H2,(H,30,33,36)/b26-15+. The van der Waals surface area contributed by atoms with Gasteiger partial charge in [0.05, 0.1) is 17.1 Å². The minimum atomic E-state index is -0.220. The molecule has 2 aliphatic rings. The van der Waals surface area contributed by atoms with Gasteiger partial charge in [0.15, 0.2) is 6.61 Å². The second kappa shape index (κ2) is 9.72. The Morgan fingerprint density at radius 1 is 1.00 bits per heavy atom. The van der Waals surface area contributed by atoms with E-state index in [1.165, 1.54) is 11.8 Å². The zero-order chi connectivity index (χ0) is 25.4. The smallest absolute Gasteiger partial charge is 0.265 e. The molecule has 2 aliphatic heterocycles. The van der Waals surface area contributed by atoms with Crippen molar-refractivity contribution in [3.05, 3.63) is 101 Å². The van der Waals surface area contributed by atoms with Gasteiger partial charge in [-0.25, -0.2) is 0 Å². The predicted octanol–water partition coefficient (Wildman–Crippen LogP) is 6.05. The van der Waals surface area contributed by atoms with E-state index in [0.29, 0.717) is 33.0 Å². The molecule has 0 unspecified atom stereocenters. The number of ether oxygens (including phenoxy) is 2. The van der Waals surface area contributed by atoms with Gasteiger partial charge in [-0.3, -0.25) is 9.59 Å². The van der Waals surface area contributed by atoms with Crippen LogP contribution in [0.15, 0.2) is 89.8 Å². The summed E-state index contributed by atoms with van der Waals surface area (Å²) in [6.07, 6.45) is 1.76. The lowest BCUT2D eigenvalue weighted by atomic mass is 10.1. The Hall–Kier alpha value is -4.14. The fraction of sp³-hybridized carbons (Fsp3) is 0.0690. The van der Waals surface area contributed by atoms with Gasteiger partial charge in [0.25, 0.3) is 11.8 Å². The zero-order valence-electron chi connectivity index (χ0n) is 19.5. The molecule has 1 fully saturated rings. The highest BCUT2D eigenvalue weighted by Gasteiger charge is 2.27. The molecule has 8 heteroatoms. The number of carbonyl (C=O) groups is 2. The summed E-state index contributed by atoms with van der Waals surface area (Å²) in [5.41, 5.74) is 2.39. The number of hydrogen-bond acceptors (Lipinski definition) is 6. The molecule has 1 saturated heterocycles. The molecule has 0 saturated carbocycles. The van der Waals surface area contributed by atoms with Gasteiger partial charge >= 0.3 is 0 Å². The van der Waals surface area contributed by atoms with Crippen molar-refractivity contribution in [1.29, 1.82) is 0 Å². The maximum atomic E-state index is 12.8. The monoisotopic (exact) mass is 524 g/mol. The first-order valence-corrected chi connectivity index (χ1v) is 12.8. The highest BCUT2D eigenvalue weighted by molar-refractivity contribution is 8.26. The van der Waals surface area contributed by atoms with Gasteiger partial charge < -0.3 is 19.7 Å². The Balaban J connectivity index is 1.23.